The van der Waals surface area contributed by atoms with Crippen molar-refractivity contribution in [3.05, 3.63) is 0 Å². The highest BCUT2D eigenvalue weighted by Crippen LogP contribution is 2.53. The summed E-state index contributed by atoms with van der Waals surface area (Å²) < 4.78 is 15.9. The number of rotatable bonds is 1. The van der Waals surface area contributed by atoms with Crippen molar-refractivity contribution >= 4 is 7.44 Å². The van der Waals surface area contributed by atoms with E-state index in [1.165, 1.54) is 0 Å². The van der Waals surface area contributed by atoms with Crippen LogP contribution >= 0.6 is 7.44 Å². The van der Waals surface area contributed by atoms with Gasteiger partial charge in [0.25, 0.3) is 0 Å². The van der Waals surface area contributed by atoms with E-state index in [1.54, 1.807) is 0 Å². The summed E-state index contributed by atoms with van der Waals surface area (Å²) >= 11 is 0. The molecule has 0 unspecified atom stereocenters. The molecule has 1 saturated heterocycles. The van der Waals surface area contributed by atoms with E-state index in [4.69, 9.17) is 0 Å². The van der Waals surface area contributed by atoms with E-state index in [-0.39, 0.29) is 0 Å². The second-order valence-corrected chi connectivity index (χ2v) is 6.07. The normalized spacial score (nSPS) is 27.5. The van der Waals surface area contributed by atoms with Crippen LogP contribution in [-0.4, -0.2) is 42.7 Å². The van der Waals surface area contributed by atoms with Crippen LogP contribution in [0.25, 0.3) is 0 Å². The van der Waals surface area contributed by atoms with Crippen LogP contribution in [0.15, 0.2) is 0 Å². The van der Waals surface area contributed by atoms with Crippen LogP contribution in [0.5, 0.6) is 0 Å². The lowest BCUT2D eigenvalue weighted by atomic mass is 10.6. The van der Waals surface area contributed by atoms with Gasteiger partial charge in [-0.2, -0.15) is 0 Å². The monoisotopic (exact) mass is 162 g/mol. The summed E-state index contributed by atoms with van der Waals surface area (Å²) in [5, 5.41) is 0. The molecule has 0 aromatic heterocycles. The Morgan fingerprint density at radius 3 is 1.90 bits per heavy atom. The van der Waals surface area contributed by atoms with Crippen LogP contribution in [0.2, 0.25) is 0 Å². The molecule has 1 aliphatic heterocycles. The fourth-order valence-corrected chi connectivity index (χ4v) is 3.64. The predicted octanol–water partition coefficient (Wildman–Crippen LogP) is 1.08. The quantitative estimate of drug-likeness (QED) is 0.539. The molecule has 0 aliphatic carbocycles. The Kier molecular flexibility index (Phi) is 2.18. The molecule has 0 atom stereocenters. The maximum Gasteiger partial charge on any atom is 0.215 e. The van der Waals surface area contributed by atoms with Crippen LogP contribution in [0.1, 0.15) is 6.92 Å². The summed E-state index contributed by atoms with van der Waals surface area (Å²) in [6.07, 6.45) is 0.764. The van der Waals surface area contributed by atoms with Gasteiger partial charge in [0.2, 0.25) is 7.44 Å². The third-order valence-corrected chi connectivity index (χ3v) is 5.58. The number of likely N-dealkylation sites (N-methyl/N-ethyl adjacent to an activating group) is 2. The van der Waals surface area contributed by atoms with Gasteiger partial charge in [-0.05, 0) is 14.1 Å². The molecule has 1 heterocycles. The summed E-state index contributed by atoms with van der Waals surface area (Å²) in [5.74, 6) is 0. The van der Waals surface area contributed by atoms with E-state index in [0.29, 0.717) is 0 Å². The first-order valence-corrected chi connectivity index (χ1v) is 5.43. The molecule has 0 radical (unpaired) electrons. The molecule has 0 aromatic rings. The van der Waals surface area contributed by atoms with E-state index < -0.39 is 7.44 Å². The van der Waals surface area contributed by atoms with E-state index in [2.05, 4.69) is 0 Å². The minimum atomic E-state index is -2.07. The van der Waals surface area contributed by atoms with E-state index in [9.17, 15) is 4.57 Å². The van der Waals surface area contributed by atoms with E-state index >= 15 is 0 Å². The molecule has 0 saturated carbocycles. The SMILES string of the molecule is CCP1(=O)N(C)CCN1C. The first kappa shape index (κ1) is 8.25. The molecule has 0 aromatic carbocycles. The lowest BCUT2D eigenvalue weighted by molar-refractivity contribution is 0.490. The highest BCUT2D eigenvalue weighted by molar-refractivity contribution is 7.59. The van der Waals surface area contributed by atoms with Crippen molar-refractivity contribution in [1.29, 1.82) is 0 Å². The minimum Gasteiger partial charge on any atom is -0.289 e. The first-order valence-electron chi connectivity index (χ1n) is 3.63. The third-order valence-electron chi connectivity index (χ3n) is 2.23. The zero-order valence-electron chi connectivity index (χ0n) is 6.87. The number of nitrogens with zero attached hydrogens (tertiary/aromatic N) is 2. The zero-order valence-corrected chi connectivity index (χ0v) is 7.77. The second kappa shape index (κ2) is 2.65. The molecule has 1 fully saturated rings. The highest BCUT2D eigenvalue weighted by atomic mass is 31.2. The van der Waals surface area contributed by atoms with Crippen LogP contribution in [0.3, 0.4) is 0 Å². The zero-order chi connectivity index (χ0) is 7.78. The summed E-state index contributed by atoms with van der Waals surface area (Å²) in [7, 11) is 1.81. The molecular weight excluding hydrogens is 147 g/mol. The van der Waals surface area contributed by atoms with Crippen molar-refractivity contribution in [3.63, 3.8) is 0 Å². The molecule has 0 N–H and O–H groups in total. The average molecular weight is 162 g/mol. The summed E-state index contributed by atoms with van der Waals surface area (Å²) in [4.78, 5) is 0. The Labute approximate surface area is 62.5 Å². The Morgan fingerprint density at radius 2 is 1.70 bits per heavy atom. The van der Waals surface area contributed by atoms with Gasteiger partial charge in [-0.15, -0.1) is 0 Å². The first-order chi connectivity index (χ1) is 4.61. The predicted molar refractivity (Wildman–Crippen MR) is 43.4 cm³/mol. The number of hydrogen-bond donors (Lipinski definition) is 0. The molecular formula is C6H15N2OP. The third kappa shape index (κ3) is 1.03. The van der Waals surface area contributed by atoms with E-state index in [0.717, 1.165) is 19.3 Å². The minimum absolute atomic E-state index is 0.764. The maximum absolute atomic E-state index is 11.9. The molecule has 3 nitrogen and oxygen atoms in total. The van der Waals surface area contributed by atoms with Gasteiger partial charge in [0, 0.05) is 19.3 Å². The van der Waals surface area contributed by atoms with Crippen molar-refractivity contribution in [2.45, 2.75) is 6.92 Å². The Balaban J connectivity index is 2.80. The van der Waals surface area contributed by atoms with Gasteiger partial charge >= 0.3 is 0 Å². The van der Waals surface area contributed by atoms with Crippen LogP contribution in [0.4, 0.5) is 0 Å². The molecule has 0 spiro atoms. The Morgan fingerprint density at radius 1 is 1.30 bits per heavy atom. The van der Waals surface area contributed by atoms with E-state index in [1.807, 2.05) is 30.4 Å². The van der Waals surface area contributed by atoms with Gasteiger partial charge in [0.15, 0.2) is 0 Å². The lowest BCUT2D eigenvalue weighted by Gasteiger charge is -2.23. The Bertz CT molecular complexity index is 157. The molecule has 0 amide bonds. The van der Waals surface area contributed by atoms with Crippen molar-refractivity contribution in [2.75, 3.05) is 33.3 Å². The van der Waals surface area contributed by atoms with Gasteiger partial charge in [-0.1, -0.05) is 6.92 Å². The van der Waals surface area contributed by atoms with Gasteiger partial charge in [-0.25, -0.2) is 9.34 Å². The Hall–Kier alpha value is 0.150. The van der Waals surface area contributed by atoms with Gasteiger partial charge in [-0.3, -0.25) is 4.57 Å². The van der Waals surface area contributed by atoms with Crippen LogP contribution in [0, 0.1) is 0 Å². The van der Waals surface area contributed by atoms with Crippen molar-refractivity contribution in [3.8, 4) is 0 Å². The fraction of sp³-hybridized carbons (Fsp3) is 1.00. The molecule has 10 heavy (non-hydrogen) atoms. The fourth-order valence-electron chi connectivity index (χ4n) is 1.35. The molecule has 1 rings (SSSR count). The molecule has 60 valence electrons. The van der Waals surface area contributed by atoms with Gasteiger partial charge in [0.1, 0.15) is 0 Å². The standard InChI is InChI=1S/C6H15N2OP/c1-4-10(9)7(2)5-6-8(10)3/h4-6H2,1-3H3. The average Bonchev–Trinajstić information content (AvgIpc) is 2.18. The van der Waals surface area contributed by atoms with Gasteiger partial charge < -0.3 is 0 Å². The van der Waals surface area contributed by atoms with Crippen molar-refractivity contribution in [1.82, 2.24) is 9.34 Å². The topological polar surface area (TPSA) is 23.6 Å². The highest BCUT2D eigenvalue weighted by Gasteiger charge is 2.35. The molecule has 4 heteroatoms. The van der Waals surface area contributed by atoms with Crippen molar-refractivity contribution in [2.24, 2.45) is 0 Å². The molecule has 0 bridgehead atoms. The van der Waals surface area contributed by atoms with Crippen LogP contribution in [-0.2, 0) is 4.57 Å². The second-order valence-electron chi connectivity index (χ2n) is 2.74. The largest absolute Gasteiger partial charge is 0.289 e. The molecule has 1 aliphatic rings. The van der Waals surface area contributed by atoms with Gasteiger partial charge in [0.05, 0.1) is 0 Å². The van der Waals surface area contributed by atoms with Crippen molar-refractivity contribution < 1.29 is 4.57 Å². The summed E-state index contributed by atoms with van der Waals surface area (Å²) in [6.45, 7) is 3.88. The lowest BCUT2D eigenvalue weighted by Crippen LogP contribution is -2.14. The smallest absolute Gasteiger partial charge is 0.215 e. The summed E-state index contributed by atoms with van der Waals surface area (Å²) in [5.41, 5.74) is 0. The van der Waals surface area contributed by atoms with Crippen LogP contribution < -0.4 is 0 Å². The summed E-state index contributed by atoms with van der Waals surface area (Å²) in [6, 6.07) is 0. The maximum atomic E-state index is 11.9. The number of hydrogen-bond acceptors (Lipinski definition) is 1.